The topological polar surface area (TPSA) is 84.7 Å². The highest BCUT2D eigenvalue weighted by Crippen LogP contribution is 2.34. The number of rotatable bonds is 7. The predicted molar refractivity (Wildman–Crippen MR) is 139 cm³/mol. The molecule has 0 aliphatic heterocycles. The van der Waals surface area contributed by atoms with Gasteiger partial charge in [0.05, 0.1) is 18.5 Å². The fraction of sp³-hybridized carbons (Fsp3) is 0.276. The molecule has 7 heteroatoms. The van der Waals surface area contributed by atoms with Crippen molar-refractivity contribution in [2.24, 2.45) is 0 Å². The van der Waals surface area contributed by atoms with Crippen LogP contribution >= 0.6 is 0 Å². The van der Waals surface area contributed by atoms with Crippen LogP contribution < -0.4 is 4.74 Å². The summed E-state index contributed by atoms with van der Waals surface area (Å²) in [7, 11) is 1.61. The minimum absolute atomic E-state index is 0.0974. The molecule has 1 saturated carbocycles. The average molecular weight is 484 g/mol. The summed E-state index contributed by atoms with van der Waals surface area (Å²) in [5, 5.41) is 16.4. The van der Waals surface area contributed by atoms with Crippen LogP contribution in [0.5, 0.6) is 5.75 Å². The van der Waals surface area contributed by atoms with Crippen molar-refractivity contribution in [3.63, 3.8) is 0 Å². The quantitative estimate of drug-likeness (QED) is 0.372. The molecule has 1 aliphatic carbocycles. The SMILES string of the molecule is COc1ccccc1-c1cc(C(=O)N(CC(=O)O)C2CCCCC2)nn1-c1cccc2ccccc12. The summed E-state index contributed by atoms with van der Waals surface area (Å²) < 4.78 is 7.40. The lowest BCUT2D eigenvalue weighted by Crippen LogP contribution is -2.44. The molecule has 1 aliphatic rings. The first-order valence-corrected chi connectivity index (χ1v) is 12.3. The van der Waals surface area contributed by atoms with Gasteiger partial charge in [0, 0.05) is 17.0 Å². The van der Waals surface area contributed by atoms with Crippen molar-refractivity contribution in [1.82, 2.24) is 14.7 Å². The van der Waals surface area contributed by atoms with Crippen molar-refractivity contribution in [1.29, 1.82) is 0 Å². The summed E-state index contributed by atoms with van der Waals surface area (Å²) >= 11 is 0. The molecular weight excluding hydrogens is 454 g/mol. The van der Waals surface area contributed by atoms with Gasteiger partial charge in [-0.1, -0.05) is 67.8 Å². The van der Waals surface area contributed by atoms with Crippen LogP contribution in [0.4, 0.5) is 0 Å². The van der Waals surface area contributed by atoms with Crippen LogP contribution in [0.3, 0.4) is 0 Å². The van der Waals surface area contributed by atoms with Gasteiger partial charge in [0.25, 0.3) is 5.91 Å². The van der Waals surface area contributed by atoms with Gasteiger partial charge in [-0.15, -0.1) is 0 Å². The van der Waals surface area contributed by atoms with Crippen LogP contribution in [0.2, 0.25) is 0 Å². The summed E-state index contributed by atoms with van der Waals surface area (Å²) in [5.74, 6) is -0.723. The van der Waals surface area contributed by atoms with Gasteiger partial charge in [-0.2, -0.15) is 5.10 Å². The van der Waals surface area contributed by atoms with Crippen LogP contribution in [-0.4, -0.2) is 51.4 Å². The van der Waals surface area contributed by atoms with Crippen LogP contribution in [0.15, 0.2) is 72.8 Å². The molecule has 1 amide bonds. The minimum Gasteiger partial charge on any atom is -0.496 e. The van der Waals surface area contributed by atoms with Crippen LogP contribution in [0.25, 0.3) is 27.7 Å². The molecule has 4 aromatic rings. The number of methoxy groups -OCH3 is 1. The fourth-order valence-electron chi connectivity index (χ4n) is 5.16. The maximum atomic E-state index is 13.8. The van der Waals surface area contributed by atoms with E-state index in [9.17, 15) is 14.7 Å². The standard InChI is InChI=1S/C29H29N3O4/c1-36-27-17-8-7-15-23(27)26-18-24(29(35)31(19-28(33)34)21-12-3-2-4-13-21)30-32(26)25-16-9-11-20-10-5-6-14-22(20)25/h5-11,14-18,21H,2-4,12-13,19H2,1H3,(H,33,34). The number of ether oxygens (including phenoxy) is 1. The number of hydrogen-bond donors (Lipinski definition) is 1. The maximum Gasteiger partial charge on any atom is 0.323 e. The van der Waals surface area contributed by atoms with Gasteiger partial charge in [-0.05, 0) is 42.5 Å². The zero-order valence-corrected chi connectivity index (χ0v) is 20.3. The molecule has 0 atom stereocenters. The summed E-state index contributed by atoms with van der Waals surface area (Å²) in [5.41, 5.74) is 2.54. The van der Waals surface area contributed by atoms with Crippen LogP contribution in [0.1, 0.15) is 42.6 Å². The molecule has 1 aromatic heterocycles. The van der Waals surface area contributed by atoms with Gasteiger partial charge in [0.2, 0.25) is 0 Å². The lowest BCUT2D eigenvalue weighted by molar-refractivity contribution is -0.138. The van der Waals surface area contributed by atoms with E-state index in [4.69, 9.17) is 9.84 Å². The van der Waals surface area contributed by atoms with Crippen molar-refractivity contribution in [2.75, 3.05) is 13.7 Å². The van der Waals surface area contributed by atoms with Crippen molar-refractivity contribution in [3.8, 4) is 22.7 Å². The molecular formula is C29H29N3O4. The monoisotopic (exact) mass is 483 g/mol. The molecule has 1 fully saturated rings. The number of para-hydroxylation sites is 1. The summed E-state index contributed by atoms with van der Waals surface area (Å²) in [6, 6.07) is 23.3. The second kappa shape index (κ2) is 10.2. The Kier molecular flexibility index (Phi) is 6.71. The molecule has 0 unspecified atom stereocenters. The Morgan fingerprint density at radius 2 is 1.72 bits per heavy atom. The second-order valence-corrected chi connectivity index (χ2v) is 9.14. The first-order valence-electron chi connectivity index (χ1n) is 12.3. The van der Waals surface area contributed by atoms with E-state index in [-0.39, 0.29) is 24.2 Å². The Hall–Kier alpha value is -4.13. The third kappa shape index (κ3) is 4.56. The van der Waals surface area contributed by atoms with Gasteiger partial charge in [0.15, 0.2) is 5.69 Å². The predicted octanol–water partition coefficient (Wildman–Crippen LogP) is 5.56. The molecule has 0 spiro atoms. The van der Waals surface area contributed by atoms with Crippen molar-refractivity contribution in [3.05, 3.63) is 78.5 Å². The summed E-state index contributed by atoms with van der Waals surface area (Å²) in [4.78, 5) is 27.0. The maximum absolute atomic E-state index is 13.8. The Morgan fingerprint density at radius 3 is 2.50 bits per heavy atom. The number of aliphatic carboxylic acids is 1. The Balaban J connectivity index is 1.67. The van der Waals surface area contributed by atoms with E-state index in [1.54, 1.807) is 17.9 Å². The molecule has 1 heterocycles. The van der Waals surface area contributed by atoms with Crippen molar-refractivity contribution >= 4 is 22.6 Å². The third-order valence-corrected chi connectivity index (χ3v) is 6.89. The fourth-order valence-corrected chi connectivity index (χ4v) is 5.16. The van der Waals surface area contributed by atoms with E-state index in [0.717, 1.165) is 54.1 Å². The Labute approximate surface area is 209 Å². The molecule has 36 heavy (non-hydrogen) atoms. The highest BCUT2D eigenvalue weighted by molar-refractivity contribution is 5.97. The average Bonchev–Trinajstić information content (AvgIpc) is 3.36. The first-order chi connectivity index (χ1) is 17.6. The van der Waals surface area contributed by atoms with Gasteiger partial charge < -0.3 is 14.7 Å². The van der Waals surface area contributed by atoms with E-state index in [2.05, 4.69) is 0 Å². The number of hydrogen-bond acceptors (Lipinski definition) is 4. The zero-order valence-electron chi connectivity index (χ0n) is 20.3. The van der Waals surface area contributed by atoms with Gasteiger partial charge in [0.1, 0.15) is 12.3 Å². The van der Waals surface area contributed by atoms with Crippen molar-refractivity contribution < 1.29 is 19.4 Å². The Bertz CT molecular complexity index is 1400. The summed E-state index contributed by atoms with van der Waals surface area (Å²) in [6.07, 6.45) is 4.71. The first kappa shape index (κ1) is 23.6. The molecule has 7 nitrogen and oxygen atoms in total. The van der Waals surface area contributed by atoms with E-state index in [0.29, 0.717) is 11.4 Å². The number of nitrogens with zero attached hydrogens (tertiary/aromatic N) is 3. The van der Waals surface area contributed by atoms with E-state index in [1.807, 2.05) is 66.7 Å². The zero-order chi connectivity index (χ0) is 25.1. The van der Waals surface area contributed by atoms with E-state index >= 15 is 0 Å². The summed E-state index contributed by atoms with van der Waals surface area (Å²) in [6.45, 7) is -0.339. The number of aromatic nitrogens is 2. The highest BCUT2D eigenvalue weighted by atomic mass is 16.5. The van der Waals surface area contributed by atoms with Gasteiger partial charge >= 0.3 is 5.97 Å². The van der Waals surface area contributed by atoms with E-state index < -0.39 is 5.97 Å². The highest BCUT2D eigenvalue weighted by Gasteiger charge is 2.30. The minimum atomic E-state index is -1.02. The molecule has 0 bridgehead atoms. The van der Waals surface area contributed by atoms with E-state index in [1.165, 1.54) is 4.90 Å². The molecule has 5 rings (SSSR count). The van der Waals surface area contributed by atoms with Crippen LogP contribution in [0, 0.1) is 0 Å². The third-order valence-electron chi connectivity index (χ3n) is 6.89. The van der Waals surface area contributed by atoms with Gasteiger partial charge in [-0.3, -0.25) is 9.59 Å². The Morgan fingerprint density at radius 1 is 1.00 bits per heavy atom. The smallest absolute Gasteiger partial charge is 0.323 e. The molecule has 0 radical (unpaired) electrons. The molecule has 3 aromatic carbocycles. The normalized spacial score (nSPS) is 14.0. The number of carbonyl (C=O) groups excluding carboxylic acids is 1. The lowest BCUT2D eigenvalue weighted by Gasteiger charge is -2.32. The number of fused-ring (bicyclic) bond motifs is 1. The molecule has 1 N–H and O–H groups in total. The number of carboxylic acids is 1. The molecule has 184 valence electrons. The number of benzene rings is 3. The molecule has 0 saturated heterocycles. The van der Waals surface area contributed by atoms with Gasteiger partial charge in [-0.25, -0.2) is 4.68 Å². The second-order valence-electron chi connectivity index (χ2n) is 9.14. The largest absolute Gasteiger partial charge is 0.496 e. The van der Waals surface area contributed by atoms with Crippen molar-refractivity contribution in [2.45, 2.75) is 38.1 Å². The van der Waals surface area contributed by atoms with Crippen LogP contribution in [-0.2, 0) is 4.79 Å². The number of amides is 1. The number of carboxylic acid groups (broad SMARTS) is 1. The lowest BCUT2D eigenvalue weighted by atomic mass is 9.94. The number of carbonyl (C=O) groups is 2.